The van der Waals surface area contributed by atoms with Gasteiger partial charge in [-0.3, -0.25) is 4.79 Å². The molecule has 3 N–H and O–H groups in total. The maximum atomic E-state index is 12.2. The molecule has 0 spiro atoms. The number of carbonyl (C=O) groups excluding carboxylic acids is 1. The standard InChI is InChI=1S/C19H23NO4/c1-12-4-7-16(8-5-12)24-14(3)19(23)20-13(2)10-15-6-9-17(21)18(22)11-15/h4-9,11,13-14,21-22H,10H2,1-3H3,(H,20,23). The highest BCUT2D eigenvalue weighted by atomic mass is 16.5. The highest BCUT2D eigenvalue weighted by molar-refractivity contribution is 5.81. The number of phenols is 2. The van der Waals surface area contributed by atoms with Crippen molar-refractivity contribution in [3.63, 3.8) is 0 Å². The van der Waals surface area contributed by atoms with E-state index in [1.807, 2.05) is 38.1 Å². The molecule has 0 aliphatic heterocycles. The molecule has 5 nitrogen and oxygen atoms in total. The van der Waals surface area contributed by atoms with Crippen molar-refractivity contribution < 1.29 is 19.7 Å². The van der Waals surface area contributed by atoms with Crippen LogP contribution in [0, 0.1) is 6.92 Å². The molecule has 0 fully saturated rings. The lowest BCUT2D eigenvalue weighted by molar-refractivity contribution is -0.127. The Bertz CT molecular complexity index is 697. The molecule has 0 radical (unpaired) electrons. The summed E-state index contributed by atoms with van der Waals surface area (Å²) in [6.45, 7) is 5.57. The number of hydrogen-bond donors (Lipinski definition) is 3. The monoisotopic (exact) mass is 329 g/mol. The Hall–Kier alpha value is -2.69. The average Bonchev–Trinajstić information content (AvgIpc) is 2.53. The first kappa shape index (κ1) is 17.7. The number of carbonyl (C=O) groups is 1. The third kappa shape index (κ3) is 4.91. The Balaban J connectivity index is 1.87. The summed E-state index contributed by atoms with van der Waals surface area (Å²) in [6, 6.07) is 12.0. The van der Waals surface area contributed by atoms with E-state index in [1.165, 1.54) is 12.1 Å². The van der Waals surface area contributed by atoms with Crippen LogP contribution in [-0.2, 0) is 11.2 Å². The Labute approximate surface area is 141 Å². The molecule has 2 rings (SSSR count). The largest absolute Gasteiger partial charge is 0.504 e. The summed E-state index contributed by atoms with van der Waals surface area (Å²) < 4.78 is 5.63. The summed E-state index contributed by atoms with van der Waals surface area (Å²) in [6.07, 6.45) is -0.0695. The molecule has 2 aromatic carbocycles. The van der Waals surface area contributed by atoms with Crippen molar-refractivity contribution in [3.8, 4) is 17.2 Å². The summed E-state index contributed by atoms with van der Waals surface area (Å²) in [7, 11) is 0. The number of phenolic OH excluding ortho intramolecular Hbond substituents is 2. The van der Waals surface area contributed by atoms with E-state index in [-0.39, 0.29) is 23.4 Å². The molecule has 0 saturated carbocycles. The van der Waals surface area contributed by atoms with Crippen molar-refractivity contribution >= 4 is 5.91 Å². The van der Waals surface area contributed by atoms with Crippen LogP contribution in [0.2, 0.25) is 0 Å². The van der Waals surface area contributed by atoms with Gasteiger partial charge < -0.3 is 20.3 Å². The van der Waals surface area contributed by atoms with E-state index in [1.54, 1.807) is 13.0 Å². The number of ether oxygens (including phenoxy) is 1. The topological polar surface area (TPSA) is 78.8 Å². The zero-order valence-electron chi connectivity index (χ0n) is 14.1. The second-order valence-electron chi connectivity index (χ2n) is 6.01. The Morgan fingerprint density at radius 1 is 1.08 bits per heavy atom. The minimum Gasteiger partial charge on any atom is -0.504 e. The lowest BCUT2D eigenvalue weighted by Crippen LogP contribution is -2.42. The quantitative estimate of drug-likeness (QED) is 0.712. The van der Waals surface area contributed by atoms with Crippen LogP contribution in [0.4, 0.5) is 0 Å². The fourth-order valence-electron chi connectivity index (χ4n) is 2.34. The third-order valence-electron chi connectivity index (χ3n) is 3.67. The minimum atomic E-state index is -0.608. The van der Waals surface area contributed by atoms with Crippen molar-refractivity contribution in [3.05, 3.63) is 53.6 Å². The lowest BCUT2D eigenvalue weighted by atomic mass is 10.1. The summed E-state index contributed by atoms with van der Waals surface area (Å²) in [5, 5.41) is 21.7. The van der Waals surface area contributed by atoms with E-state index in [0.717, 1.165) is 11.1 Å². The SMILES string of the molecule is Cc1ccc(OC(C)C(=O)NC(C)Cc2ccc(O)c(O)c2)cc1. The lowest BCUT2D eigenvalue weighted by Gasteiger charge is -2.19. The molecule has 5 heteroatoms. The van der Waals surface area contributed by atoms with Gasteiger partial charge in [0, 0.05) is 6.04 Å². The van der Waals surface area contributed by atoms with E-state index in [4.69, 9.17) is 4.74 Å². The van der Waals surface area contributed by atoms with Crippen LogP contribution in [0.1, 0.15) is 25.0 Å². The summed E-state index contributed by atoms with van der Waals surface area (Å²) >= 11 is 0. The Morgan fingerprint density at radius 3 is 2.38 bits per heavy atom. The van der Waals surface area contributed by atoms with E-state index in [2.05, 4.69) is 5.32 Å². The van der Waals surface area contributed by atoms with Crippen molar-refractivity contribution in [1.82, 2.24) is 5.32 Å². The normalized spacial score (nSPS) is 13.1. The van der Waals surface area contributed by atoms with Gasteiger partial charge in [0.25, 0.3) is 5.91 Å². The molecule has 0 heterocycles. The van der Waals surface area contributed by atoms with Crippen molar-refractivity contribution in [2.24, 2.45) is 0 Å². The predicted molar refractivity (Wildman–Crippen MR) is 92.3 cm³/mol. The fraction of sp³-hybridized carbons (Fsp3) is 0.316. The number of hydrogen-bond acceptors (Lipinski definition) is 4. The first-order valence-corrected chi connectivity index (χ1v) is 7.89. The van der Waals surface area contributed by atoms with Gasteiger partial charge in [0.15, 0.2) is 17.6 Å². The van der Waals surface area contributed by atoms with Gasteiger partial charge in [0.2, 0.25) is 0 Å². The molecule has 2 unspecified atom stereocenters. The van der Waals surface area contributed by atoms with Crippen molar-refractivity contribution in [2.75, 3.05) is 0 Å². The number of rotatable bonds is 6. The van der Waals surface area contributed by atoms with Gasteiger partial charge in [-0.1, -0.05) is 23.8 Å². The number of nitrogens with one attached hydrogen (secondary N) is 1. The van der Waals surface area contributed by atoms with Crippen LogP contribution in [0.3, 0.4) is 0 Å². The Kier molecular flexibility index (Phi) is 5.68. The van der Waals surface area contributed by atoms with Gasteiger partial charge in [0.05, 0.1) is 0 Å². The minimum absolute atomic E-state index is 0.134. The predicted octanol–water partition coefficient (Wildman–Crippen LogP) is 2.92. The van der Waals surface area contributed by atoms with Crippen molar-refractivity contribution in [2.45, 2.75) is 39.3 Å². The average molecular weight is 329 g/mol. The zero-order chi connectivity index (χ0) is 17.7. The number of amides is 1. The van der Waals surface area contributed by atoms with E-state index in [0.29, 0.717) is 12.2 Å². The first-order valence-electron chi connectivity index (χ1n) is 7.89. The molecule has 0 aliphatic rings. The molecule has 128 valence electrons. The molecule has 24 heavy (non-hydrogen) atoms. The maximum absolute atomic E-state index is 12.2. The molecule has 0 aromatic heterocycles. The molecule has 2 atom stereocenters. The maximum Gasteiger partial charge on any atom is 0.260 e. The van der Waals surface area contributed by atoms with E-state index < -0.39 is 6.10 Å². The highest BCUT2D eigenvalue weighted by Gasteiger charge is 2.17. The van der Waals surface area contributed by atoms with Crippen LogP contribution in [-0.4, -0.2) is 28.3 Å². The smallest absolute Gasteiger partial charge is 0.260 e. The third-order valence-corrected chi connectivity index (χ3v) is 3.67. The van der Waals surface area contributed by atoms with Crippen LogP contribution >= 0.6 is 0 Å². The second-order valence-corrected chi connectivity index (χ2v) is 6.01. The van der Waals surface area contributed by atoms with Crippen molar-refractivity contribution in [1.29, 1.82) is 0 Å². The molecule has 1 amide bonds. The molecular weight excluding hydrogens is 306 g/mol. The second kappa shape index (κ2) is 7.73. The van der Waals surface area contributed by atoms with Crippen LogP contribution in [0.15, 0.2) is 42.5 Å². The van der Waals surface area contributed by atoms with Gasteiger partial charge in [0.1, 0.15) is 5.75 Å². The summed E-state index contributed by atoms with van der Waals surface area (Å²) in [4.78, 5) is 12.2. The Morgan fingerprint density at radius 2 is 1.75 bits per heavy atom. The summed E-state index contributed by atoms with van der Waals surface area (Å²) in [5.41, 5.74) is 1.95. The van der Waals surface area contributed by atoms with Gasteiger partial charge in [-0.05, 0) is 57.0 Å². The number of aromatic hydroxyl groups is 2. The van der Waals surface area contributed by atoms with Gasteiger partial charge in [-0.15, -0.1) is 0 Å². The first-order chi connectivity index (χ1) is 11.3. The number of benzene rings is 2. The van der Waals surface area contributed by atoms with E-state index >= 15 is 0 Å². The molecular formula is C19H23NO4. The molecule has 0 bridgehead atoms. The summed E-state index contributed by atoms with van der Waals surface area (Å²) in [5.74, 6) is 0.128. The molecule has 0 aliphatic carbocycles. The zero-order valence-corrected chi connectivity index (χ0v) is 14.1. The van der Waals surface area contributed by atoms with Gasteiger partial charge >= 0.3 is 0 Å². The molecule has 0 saturated heterocycles. The van der Waals surface area contributed by atoms with Gasteiger partial charge in [-0.2, -0.15) is 0 Å². The van der Waals surface area contributed by atoms with Crippen LogP contribution in [0.5, 0.6) is 17.2 Å². The fourth-order valence-corrected chi connectivity index (χ4v) is 2.34. The highest BCUT2D eigenvalue weighted by Crippen LogP contribution is 2.25. The van der Waals surface area contributed by atoms with E-state index in [9.17, 15) is 15.0 Å². The van der Waals surface area contributed by atoms with Crippen LogP contribution < -0.4 is 10.1 Å². The van der Waals surface area contributed by atoms with Crippen LogP contribution in [0.25, 0.3) is 0 Å². The van der Waals surface area contributed by atoms with Gasteiger partial charge in [-0.25, -0.2) is 0 Å². The molecule has 2 aromatic rings. The number of aryl methyl sites for hydroxylation is 1.